The molecule has 0 unspecified atom stereocenters. The summed E-state index contributed by atoms with van der Waals surface area (Å²) in [5, 5.41) is 6.16. The molecule has 1 heterocycles. The molecular weight excluding hydrogens is 268 g/mol. The maximum atomic E-state index is 12.4. The van der Waals surface area contributed by atoms with Gasteiger partial charge in [0.05, 0.1) is 13.1 Å². The highest BCUT2D eigenvalue weighted by molar-refractivity contribution is 5.85. The van der Waals surface area contributed by atoms with Crippen molar-refractivity contribution < 1.29 is 9.59 Å². The first-order chi connectivity index (χ1) is 10.2. The second-order valence-electron chi connectivity index (χ2n) is 5.54. The molecule has 1 rings (SSSR count). The van der Waals surface area contributed by atoms with E-state index in [2.05, 4.69) is 15.5 Å². The highest BCUT2D eigenvalue weighted by atomic mass is 16.2. The molecule has 0 spiro atoms. The molecule has 0 aromatic rings. The van der Waals surface area contributed by atoms with Gasteiger partial charge in [-0.15, -0.1) is 0 Å². The third-order valence-electron chi connectivity index (χ3n) is 3.54. The predicted molar refractivity (Wildman–Crippen MR) is 84.1 cm³/mol. The quantitative estimate of drug-likeness (QED) is 0.664. The Kier molecular flexibility index (Phi) is 9.01. The van der Waals surface area contributed by atoms with Crippen molar-refractivity contribution in [3.63, 3.8) is 0 Å². The normalized spacial score (nSPS) is 16.3. The standard InChI is InChI=1S/C15H30N4O2/c1-3-6-17-14(20)12-19(9-4-2)15(21)13-18-10-5-7-16-8-11-18/h16H,3-13H2,1-2H3,(H,17,20). The van der Waals surface area contributed by atoms with E-state index < -0.39 is 0 Å². The van der Waals surface area contributed by atoms with Crippen LogP contribution in [0.15, 0.2) is 0 Å². The van der Waals surface area contributed by atoms with Crippen LogP contribution in [-0.2, 0) is 9.59 Å². The van der Waals surface area contributed by atoms with Gasteiger partial charge in [0, 0.05) is 26.2 Å². The van der Waals surface area contributed by atoms with Gasteiger partial charge in [0.15, 0.2) is 0 Å². The first-order valence-corrected chi connectivity index (χ1v) is 8.14. The van der Waals surface area contributed by atoms with Gasteiger partial charge in [-0.3, -0.25) is 14.5 Å². The van der Waals surface area contributed by atoms with E-state index in [1.165, 1.54) is 0 Å². The fourth-order valence-corrected chi connectivity index (χ4v) is 2.41. The number of carbonyl (C=O) groups excluding carboxylic acids is 2. The van der Waals surface area contributed by atoms with Crippen LogP contribution in [0.25, 0.3) is 0 Å². The van der Waals surface area contributed by atoms with Crippen LogP contribution in [0.3, 0.4) is 0 Å². The summed E-state index contributed by atoms with van der Waals surface area (Å²) in [7, 11) is 0. The summed E-state index contributed by atoms with van der Waals surface area (Å²) in [4.78, 5) is 28.1. The lowest BCUT2D eigenvalue weighted by atomic mass is 10.3. The summed E-state index contributed by atoms with van der Waals surface area (Å²) in [5.41, 5.74) is 0. The second-order valence-corrected chi connectivity index (χ2v) is 5.54. The third kappa shape index (κ3) is 7.43. The number of hydrogen-bond donors (Lipinski definition) is 2. The lowest BCUT2D eigenvalue weighted by molar-refractivity contribution is -0.137. The number of amides is 2. The van der Waals surface area contributed by atoms with E-state index in [4.69, 9.17) is 0 Å². The summed E-state index contributed by atoms with van der Waals surface area (Å²) >= 11 is 0. The maximum Gasteiger partial charge on any atom is 0.239 e. The molecule has 1 fully saturated rings. The van der Waals surface area contributed by atoms with Crippen molar-refractivity contribution in [1.82, 2.24) is 20.4 Å². The van der Waals surface area contributed by atoms with Crippen LogP contribution >= 0.6 is 0 Å². The topological polar surface area (TPSA) is 64.7 Å². The van der Waals surface area contributed by atoms with Crippen LogP contribution in [0, 0.1) is 0 Å². The average molecular weight is 298 g/mol. The Morgan fingerprint density at radius 3 is 2.71 bits per heavy atom. The minimum Gasteiger partial charge on any atom is -0.355 e. The molecule has 6 nitrogen and oxygen atoms in total. The first-order valence-electron chi connectivity index (χ1n) is 8.14. The fourth-order valence-electron chi connectivity index (χ4n) is 2.41. The van der Waals surface area contributed by atoms with E-state index in [0.29, 0.717) is 19.6 Å². The van der Waals surface area contributed by atoms with Crippen LogP contribution in [-0.4, -0.2) is 74.0 Å². The van der Waals surface area contributed by atoms with Crippen molar-refractivity contribution in [2.24, 2.45) is 0 Å². The van der Waals surface area contributed by atoms with Gasteiger partial charge in [-0.25, -0.2) is 0 Å². The SMILES string of the molecule is CCCNC(=O)CN(CCC)C(=O)CN1CCCNCC1. The molecule has 6 heteroatoms. The summed E-state index contributed by atoms with van der Waals surface area (Å²) < 4.78 is 0. The molecule has 0 radical (unpaired) electrons. The van der Waals surface area contributed by atoms with Crippen molar-refractivity contribution in [3.05, 3.63) is 0 Å². The summed E-state index contributed by atoms with van der Waals surface area (Å²) in [6, 6.07) is 0. The van der Waals surface area contributed by atoms with Gasteiger partial charge < -0.3 is 15.5 Å². The highest BCUT2D eigenvalue weighted by Crippen LogP contribution is 2.00. The zero-order chi connectivity index (χ0) is 15.5. The fraction of sp³-hybridized carbons (Fsp3) is 0.867. The number of rotatable bonds is 8. The molecular formula is C15H30N4O2. The van der Waals surface area contributed by atoms with Crippen molar-refractivity contribution >= 4 is 11.8 Å². The number of nitrogens with zero attached hydrogens (tertiary/aromatic N) is 2. The van der Waals surface area contributed by atoms with Crippen LogP contribution in [0.1, 0.15) is 33.1 Å². The predicted octanol–water partition coefficient (Wildman–Crippen LogP) is 0.0465. The molecule has 1 saturated heterocycles. The van der Waals surface area contributed by atoms with E-state index in [9.17, 15) is 9.59 Å². The number of hydrogen-bond acceptors (Lipinski definition) is 4. The van der Waals surface area contributed by atoms with Gasteiger partial charge in [0.1, 0.15) is 0 Å². The smallest absolute Gasteiger partial charge is 0.239 e. The minimum absolute atomic E-state index is 0.0591. The van der Waals surface area contributed by atoms with E-state index >= 15 is 0 Å². The monoisotopic (exact) mass is 298 g/mol. The zero-order valence-corrected chi connectivity index (χ0v) is 13.5. The van der Waals surface area contributed by atoms with Gasteiger partial charge in [0.25, 0.3) is 0 Å². The van der Waals surface area contributed by atoms with Gasteiger partial charge in [-0.2, -0.15) is 0 Å². The van der Waals surface area contributed by atoms with Crippen molar-refractivity contribution in [2.45, 2.75) is 33.1 Å². The number of nitrogens with one attached hydrogen (secondary N) is 2. The highest BCUT2D eigenvalue weighted by Gasteiger charge is 2.19. The van der Waals surface area contributed by atoms with Crippen LogP contribution in [0.4, 0.5) is 0 Å². The average Bonchev–Trinajstić information content (AvgIpc) is 2.73. The molecule has 122 valence electrons. The van der Waals surface area contributed by atoms with Crippen LogP contribution in [0.5, 0.6) is 0 Å². The Morgan fingerprint density at radius 1 is 1.19 bits per heavy atom. The van der Waals surface area contributed by atoms with Crippen molar-refractivity contribution in [2.75, 3.05) is 52.4 Å². The minimum atomic E-state index is -0.0591. The van der Waals surface area contributed by atoms with Gasteiger partial charge in [0.2, 0.25) is 11.8 Å². The Labute approximate surface area is 128 Å². The van der Waals surface area contributed by atoms with E-state index in [1.807, 2.05) is 13.8 Å². The van der Waals surface area contributed by atoms with Gasteiger partial charge in [-0.1, -0.05) is 13.8 Å². The molecule has 0 aromatic heterocycles. The van der Waals surface area contributed by atoms with Crippen molar-refractivity contribution in [3.8, 4) is 0 Å². The molecule has 0 aromatic carbocycles. The van der Waals surface area contributed by atoms with Crippen LogP contribution < -0.4 is 10.6 Å². The molecule has 1 aliphatic heterocycles. The lowest BCUT2D eigenvalue weighted by Crippen LogP contribution is -2.46. The summed E-state index contributed by atoms with van der Waals surface area (Å²) in [6.07, 6.45) is 2.85. The summed E-state index contributed by atoms with van der Waals surface area (Å²) in [6.45, 7) is 9.74. The molecule has 0 bridgehead atoms. The van der Waals surface area contributed by atoms with Gasteiger partial charge >= 0.3 is 0 Å². The Bertz CT molecular complexity index is 315. The van der Waals surface area contributed by atoms with Gasteiger partial charge in [-0.05, 0) is 32.4 Å². The third-order valence-corrected chi connectivity index (χ3v) is 3.54. The molecule has 1 aliphatic rings. The molecule has 21 heavy (non-hydrogen) atoms. The molecule has 0 atom stereocenters. The zero-order valence-electron chi connectivity index (χ0n) is 13.5. The van der Waals surface area contributed by atoms with E-state index in [1.54, 1.807) is 4.90 Å². The Morgan fingerprint density at radius 2 is 2.00 bits per heavy atom. The largest absolute Gasteiger partial charge is 0.355 e. The first kappa shape index (κ1) is 17.9. The summed E-state index contributed by atoms with van der Waals surface area (Å²) in [5.74, 6) is 0.00146. The molecule has 0 aliphatic carbocycles. The van der Waals surface area contributed by atoms with E-state index in [0.717, 1.165) is 45.4 Å². The van der Waals surface area contributed by atoms with E-state index in [-0.39, 0.29) is 18.4 Å². The maximum absolute atomic E-state index is 12.4. The number of carbonyl (C=O) groups is 2. The molecule has 2 N–H and O–H groups in total. The molecule has 0 saturated carbocycles. The Balaban J connectivity index is 2.45. The second kappa shape index (κ2) is 10.6. The molecule has 2 amide bonds. The Hall–Kier alpha value is -1.14. The van der Waals surface area contributed by atoms with Crippen molar-refractivity contribution in [1.29, 1.82) is 0 Å². The van der Waals surface area contributed by atoms with Crippen LogP contribution in [0.2, 0.25) is 0 Å². The lowest BCUT2D eigenvalue weighted by Gasteiger charge is -2.26.